The molecule has 0 spiro atoms. The average molecular weight is 438 g/mol. The number of nitrogens with zero attached hydrogens (tertiary/aromatic N) is 1. The molecule has 0 radical (unpaired) electrons. The summed E-state index contributed by atoms with van der Waals surface area (Å²) in [4.78, 5) is 5.94. The zero-order valence-electron chi connectivity index (χ0n) is 18.8. The van der Waals surface area contributed by atoms with Gasteiger partial charge < -0.3 is 24.8 Å². The van der Waals surface area contributed by atoms with Gasteiger partial charge in [0.25, 0.3) is 0 Å². The fraction of sp³-hybridized carbons (Fsp3) is 0.696. The van der Waals surface area contributed by atoms with Gasteiger partial charge in [-0.1, -0.05) is 19.1 Å². The minimum Gasteiger partial charge on any atom is -0.496 e. The van der Waals surface area contributed by atoms with Crippen molar-refractivity contribution in [2.75, 3.05) is 58.9 Å². The predicted molar refractivity (Wildman–Crippen MR) is 126 cm³/mol. The van der Waals surface area contributed by atoms with E-state index < -0.39 is 0 Å². The second-order valence-corrected chi connectivity index (χ2v) is 8.76. The normalized spacial score (nSPS) is 16.3. The van der Waals surface area contributed by atoms with Crippen LogP contribution in [0.15, 0.2) is 34.2 Å². The number of nitrogens with one attached hydrogen (secondary N) is 2. The number of methoxy groups -OCH3 is 1. The molecular weight excluding hydrogens is 398 g/mol. The fourth-order valence-corrected chi connectivity index (χ4v) is 4.19. The Balaban J connectivity index is 1.62. The average Bonchev–Trinajstić information content (AvgIpc) is 2.79. The third-order valence-electron chi connectivity index (χ3n) is 4.95. The van der Waals surface area contributed by atoms with E-state index in [9.17, 15) is 0 Å². The maximum atomic E-state index is 5.84. The van der Waals surface area contributed by atoms with Crippen molar-refractivity contribution in [1.82, 2.24) is 10.6 Å². The van der Waals surface area contributed by atoms with E-state index in [0.29, 0.717) is 11.8 Å². The summed E-state index contributed by atoms with van der Waals surface area (Å²) in [6.07, 6.45) is 3.23. The minimum atomic E-state index is 0.471. The highest BCUT2D eigenvalue weighted by Crippen LogP contribution is 2.30. The van der Waals surface area contributed by atoms with Gasteiger partial charge in [0.1, 0.15) is 5.75 Å². The molecule has 30 heavy (non-hydrogen) atoms. The maximum Gasteiger partial charge on any atom is 0.191 e. The Bertz CT molecular complexity index is 609. The number of hydrogen-bond donors (Lipinski definition) is 2. The van der Waals surface area contributed by atoms with Crippen LogP contribution in [0.4, 0.5) is 0 Å². The van der Waals surface area contributed by atoms with Crippen LogP contribution in [0.5, 0.6) is 5.75 Å². The summed E-state index contributed by atoms with van der Waals surface area (Å²) >= 11 is 1.82. The standard InChI is InChI=1S/C23H39N3O3S/c1-4-24-23(25-12-7-13-29-17-20-10-14-28-15-11-20)26-16-19(2)18-30-22-9-6-5-8-21(22)27-3/h5-6,8-9,19-20H,4,7,10-18H2,1-3H3,(H2,24,25,26). The highest BCUT2D eigenvalue weighted by Gasteiger charge is 2.13. The number of rotatable bonds is 13. The molecule has 6 nitrogen and oxygen atoms in total. The van der Waals surface area contributed by atoms with Crippen LogP contribution < -0.4 is 15.4 Å². The molecule has 1 aliphatic rings. The van der Waals surface area contributed by atoms with Gasteiger partial charge in [0.15, 0.2) is 5.96 Å². The van der Waals surface area contributed by atoms with Gasteiger partial charge in [-0.05, 0) is 50.2 Å². The summed E-state index contributed by atoms with van der Waals surface area (Å²) in [5, 5.41) is 6.75. The van der Waals surface area contributed by atoms with Crippen LogP contribution in [0.1, 0.15) is 33.1 Å². The molecule has 2 N–H and O–H groups in total. The highest BCUT2D eigenvalue weighted by molar-refractivity contribution is 7.99. The van der Waals surface area contributed by atoms with Gasteiger partial charge in [0, 0.05) is 56.7 Å². The van der Waals surface area contributed by atoms with Crippen molar-refractivity contribution in [2.24, 2.45) is 16.8 Å². The molecule has 1 heterocycles. The lowest BCUT2D eigenvalue weighted by Gasteiger charge is -2.21. The first-order valence-corrected chi connectivity index (χ1v) is 12.1. The topological polar surface area (TPSA) is 64.1 Å². The van der Waals surface area contributed by atoms with Crippen molar-refractivity contribution in [1.29, 1.82) is 0 Å². The monoisotopic (exact) mass is 437 g/mol. The fourth-order valence-electron chi connectivity index (χ4n) is 3.16. The van der Waals surface area contributed by atoms with Crippen molar-refractivity contribution in [3.05, 3.63) is 24.3 Å². The van der Waals surface area contributed by atoms with Gasteiger partial charge in [-0.3, -0.25) is 4.99 Å². The molecule has 0 aromatic heterocycles. The lowest BCUT2D eigenvalue weighted by Crippen LogP contribution is -2.38. The van der Waals surface area contributed by atoms with E-state index in [1.165, 1.54) is 4.90 Å². The summed E-state index contributed by atoms with van der Waals surface area (Å²) < 4.78 is 16.7. The molecule has 7 heteroatoms. The Kier molecular flexibility index (Phi) is 12.7. The second-order valence-electron chi connectivity index (χ2n) is 7.70. The van der Waals surface area contributed by atoms with Crippen LogP contribution in [0.2, 0.25) is 0 Å². The number of aliphatic imine (C=N–C) groups is 1. The summed E-state index contributed by atoms with van der Waals surface area (Å²) in [6.45, 7) is 10.3. The second kappa shape index (κ2) is 15.4. The molecule has 170 valence electrons. The number of para-hydroxylation sites is 1. The van der Waals surface area contributed by atoms with Crippen LogP contribution in [0.3, 0.4) is 0 Å². The van der Waals surface area contributed by atoms with E-state index in [4.69, 9.17) is 19.2 Å². The van der Waals surface area contributed by atoms with Crippen molar-refractivity contribution >= 4 is 17.7 Å². The van der Waals surface area contributed by atoms with E-state index in [0.717, 1.165) is 82.8 Å². The Labute approximate surface area is 186 Å². The molecule has 0 aliphatic carbocycles. The van der Waals surface area contributed by atoms with Gasteiger partial charge in [-0.15, -0.1) is 11.8 Å². The number of hydrogen-bond acceptors (Lipinski definition) is 5. The zero-order chi connectivity index (χ0) is 21.4. The molecule has 0 amide bonds. The van der Waals surface area contributed by atoms with E-state index in [-0.39, 0.29) is 0 Å². The third kappa shape index (κ3) is 10.0. The maximum absolute atomic E-state index is 5.84. The van der Waals surface area contributed by atoms with E-state index in [2.05, 4.69) is 30.5 Å². The Morgan fingerprint density at radius 3 is 2.83 bits per heavy atom. The quantitative estimate of drug-likeness (QED) is 0.212. The van der Waals surface area contributed by atoms with Crippen LogP contribution in [-0.2, 0) is 9.47 Å². The van der Waals surface area contributed by atoms with Gasteiger partial charge in [0.2, 0.25) is 0 Å². The molecule has 1 aromatic rings. The smallest absolute Gasteiger partial charge is 0.191 e. The number of benzene rings is 1. The number of ether oxygens (including phenoxy) is 3. The molecular formula is C23H39N3O3S. The van der Waals surface area contributed by atoms with Crippen LogP contribution in [0.25, 0.3) is 0 Å². The molecule has 1 aliphatic heterocycles. The van der Waals surface area contributed by atoms with E-state index in [1.807, 2.05) is 30.0 Å². The Morgan fingerprint density at radius 1 is 1.27 bits per heavy atom. The molecule has 0 bridgehead atoms. The van der Waals surface area contributed by atoms with Crippen LogP contribution in [-0.4, -0.2) is 64.9 Å². The van der Waals surface area contributed by atoms with E-state index >= 15 is 0 Å². The predicted octanol–water partition coefficient (Wildman–Crippen LogP) is 3.81. The Hall–Kier alpha value is -1.44. The molecule has 0 saturated carbocycles. The van der Waals surface area contributed by atoms with Gasteiger partial charge >= 0.3 is 0 Å². The minimum absolute atomic E-state index is 0.471. The van der Waals surface area contributed by atoms with Crippen molar-refractivity contribution in [2.45, 2.75) is 38.0 Å². The molecule has 2 rings (SSSR count). The highest BCUT2D eigenvalue weighted by atomic mass is 32.2. The first-order valence-electron chi connectivity index (χ1n) is 11.2. The third-order valence-corrected chi connectivity index (χ3v) is 6.33. The zero-order valence-corrected chi connectivity index (χ0v) is 19.6. The molecule has 1 saturated heterocycles. The lowest BCUT2D eigenvalue weighted by molar-refractivity contribution is 0.0203. The van der Waals surface area contributed by atoms with Gasteiger partial charge in [-0.25, -0.2) is 0 Å². The number of thioether (sulfide) groups is 1. The van der Waals surface area contributed by atoms with Crippen molar-refractivity contribution in [3.8, 4) is 5.75 Å². The first kappa shape index (κ1) is 24.8. The number of guanidine groups is 1. The SMILES string of the molecule is CCNC(=NCC(C)CSc1ccccc1OC)NCCCOCC1CCOCC1. The lowest BCUT2D eigenvalue weighted by atomic mass is 10.0. The first-order chi connectivity index (χ1) is 14.7. The molecule has 1 aromatic carbocycles. The van der Waals surface area contributed by atoms with Crippen molar-refractivity contribution in [3.63, 3.8) is 0 Å². The molecule has 1 fully saturated rings. The van der Waals surface area contributed by atoms with Gasteiger partial charge in [0.05, 0.1) is 7.11 Å². The largest absolute Gasteiger partial charge is 0.496 e. The summed E-state index contributed by atoms with van der Waals surface area (Å²) in [5.74, 6) is 3.96. The van der Waals surface area contributed by atoms with Crippen molar-refractivity contribution < 1.29 is 14.2 Å². The summed E-state index contributed by atoms with van der Waals surface area (Å²) in [7, 11) is 1.72. The van der Waals surface area contributed by atoms with E-state index in [1.54, 1.807) is 7.11 Å². The van der Waals surface area contributed by atoms with Gasteiger partial charge in [-0.2, -0.15) is 0 Å². The summed E-state index contributed by atoms with van der Waals surface area (Å²) in [5.41, 5.74) is 0. The molecule has 1 unspecified atom stereocenters. The van der Waals surface area contributed by atoms with Crippen LogP contribution >= 0.6 is 11.8 Å². The Morgan fingerprint density at radius 2 is 2.07 bits per heavy atom. The molecule has 1 atom stereocenters. The summed E-state index contributed by atoms with van der Waals surface area (Å²) in [6, 6.07) is 8.16. The van der Waals surface area contributed by atoms with Crippen LogP contribution in [0, 0.1) is 11.8 Å².